The van der Waals surface area contributed by atoms with Gasteiger partial charge >= 0.3 is 11.9 Å². The molecule has 0 bridgehead atoms. The molecule has 2 rings (SSSR count). The van der Waals surface area contributed by atoms with Crippen molar-refractivity contribution >= 4 is 11.9 Å². The summed E-state index contributed by atoms with van der Waals surface area (Å²) >= 11 is 0. The molecule has 2 N–H and O–H groups in total. The molecule has 2 aromatic rings. The molecule has 0 aliphatic carbocycles. The van der Waals surface area contributed by atoms with Gasteiger partial charge in [0.1, 0.15) is 12.2 Å². The number of methoxy groups -OCH3 is 2. The van der Waals surface area contributed by atoms with Gasteiger partial charge in [0.25, 0.3) is 0 Å². The van der Waals surface area contributed by atoms with Crippen LogP contribution in [-0.2, 0) is 22.6 Å². The fraction of sp³-hybridized carbons (Fsp3) is 0.278. The van der Waals surface area contributed by atoms with Crippen LogP contribution in [0.4, 0.5) is 0 Å². The second-order valence-corrected chi connectivity index (χ2v) is 5.49. The van der Waals surface area contributed by atoms with Crippen LogP contribution in [0, 0.1) is 0 Å². The maximum Gasteiger partial charge on any atom is 0.356 e. The Morgan fingerprint density at radius 2 is 1.70 bits per heavy atom. The standard InChI is InChI=1S/C18H19NO8/c1-25-13(26-2)9-19-8-12(17(21)22)15(20)16(14(19)18(23)24)27-10-11-6-4-3-5-7-11/h3-8,13H,9-10H2,1-2H3,(H,21,22)(H,23,24). The highest BCUT2D eigenvalue weighted by Gasteiger charge is 2.26. The molecule has 0 aliphatic heterocycles. The minimum Gasteiger partial charge on any atom is -0.482 e. The Kier molecular flexibility index (Phi) is 6.69. The number of aromatic carboxylic acids is 2. The van der Waals surface area contributed by atoms with Crippen molar-refractivity contribution in [2.24, 2.45) is 0 Å². The lowest BCUT2D eigenvalue weighted by atomic mass is 10.2. The molecule has 0 spiro atoms. The summed E-state index contributed by atoms with van der Waals surface area (Å²) in [5, 5.41) is 18.9. The van der Waals surface area contributed by atoms with Crippen LogP contribution >= 0.6 is 0 Å². The Hall–Kier alpha value is -3.17. The summed E-state index contributed by atoms with van der Waals surface area (Å²) in [4.78, 5) is 35.7. The number of ether oxygens (including phenoxy) is 3. The SMILES string of the molecule is COC(Cn1cc(C(=O)O)c(=O)c(OCc2ccccc2)c1C(=O)O)OC. The third-order valence-corrected chi connectivity index (χ3v) is 3.77. The molecule has 0 aliphatic rings. The van der Waals surface area contributed by atoms with Crippen LogP contribution in [0.2, 0.25) is 0 Å². The Bertz CT molecular complexity index is 871. The van der Waals surface area contributed by atoms with Gasteiger partial charge in [-0.15, -0.1) is 0 Å². The van der Waals surface area contributed by atoms with Gasteiger partial charge < -0.3 is 29.0 Å². The molecular formula is C18H19NO8. The Morgan fingerprint density at radius 3 is 2.22 bits per heavy atom. The van der Waals surface area contributed by atoms with E-state index in [0.29, 0.717) is 5.56 Å². The van der Waals surface area contributed by atoms with E-state index in [2.05, 4.69) is 0 Å². The quantitative estimate of drug-likeness (QED) is 0.629. The summed E-state index contributed by atoms with van der Waals surface area (Å²) in [5.41, 5.74) is -1.43. The first-order chi connectivity index (χ1) is 12.9. The van der Waals surface area contributed by atoms with Crippen molar-refractivity contribution in [3.05, 3.63) is 63.6 Å². The van der Waals surface area contributed by atoms with Gasteiger partial charge in [-0.1, -0.05) is 30.3 Å². The maximum atomic E-state index is 12.5. The lowest BCUT2D eigenvalue weighted by Gasteiger charge is -2.20. The van der Waals surface area contributed by atoms with Crippen molar-refractivity contribution in [1.82, 2.24) is 4.57 Å². The molecular weight excluding hydrogens is 358 g/mol. The highest BCUT2D eigenvalue weighted by Crippen LogP contribution is 2.18. The molecule has 0 radical (unpaired) electrons. The van der Waals surface area contributed by atoms with Crippen LogP contribution in [0.25, 0.3) is 0 Å². The first-order valence-electron chi connectivity index (χ1n) is 7.85. The van der Waals surface area contributed by atoms with Gasteiger partial charge in [0.2, 0.25) is 5.43 Å². The fourth-order valence-corrected chi connectivity index (χ4v) is 2.43. The van der Waals surface area contributed by atoms with E-state index in [1.165, 1.54) is 14.2 Å². The van der Waals surface area contributed by atoms with E-state index < -0.39 is 40.7 Å². The molecule has 0 amide bonds. The molecule has 1 heterocycles. The summed E-state index contributed by atoms with van der Waals surface area (Å²) in [5.74, 6) is -3.50. The van der Waals surface area contributed by atoms with Crippen LogP contribution in [0.1, 0.15) is 26.4 Å². The Morgan fingerprint density at radius 1 is 1.07 bits per heavy atom. The predicted molar refractivity (Wildman–Crippen MR) is 93.2 cm³/mol. The van der Waals surface area contributed by atoms with Crippen LogP contribution in [0.3, 0.4) is 0 Å². The number of carboxylic acids is 2. The van der Waals surface area contributed by atoms with E-state index in [1.807, 2.05) is 0 Å². The van der Waals surface area contributed by atoms with Crippen LogP contribution < -0.4 is 10.2 Å². The molecule has 0 atom stereocenters. The molecule has 1 aromatic heterocycles. The second-order valence-electron chi connectivity index (χ2n) is 5.49. The molecule has 144 valence electrons. The normalized spacial score (nSPS) is 10.8. The van der Waals surface area contributed by atoms with Crippen molar-refractivity contribution in [3.8, 4) is 5.75 Å². The van der Waals surface area contributed by atoms with Crippen LogP contribution in [0.5, 0.6) is 5.75 Å². The largest absolute Gasteiger partial charge is 0.482 e. The first-order valence-corrected chi connectivity index (χ1v) is 7.85. The zero-order valence-electron chi connectivity index (χ0n) is 14.7. The van der Waals surface area contributed by atoms with Crippen molar-refractivity contribution in [1.29, 1.82) is 0 Å². The molecule has 0 saturated carbocycles. The number of nitrogens with zero attached hydrogens (tertiary/aromatic N) is 1. The summed E-state index contributed by atoms with van der Waals surface area (Å²) in [6.45, 7) is -0.256. The monoisotopic (exact) mass is 377 g/mol. The number of hydrogen-bond donors (Lipinski definition) is 2. The summed E-state index contributed by atoms with van der Waals surface area (Å²) in [6, 6.07) is 8.76. The smallest absolute Gasteiger partial charge is 0.356 e. The van der Waals surface area contributed by atoms with E-state index >= 15 is 0 Å². The average molecular weight is 377 g/mol. The highest BCUT2D eigenvalue weighted by molar-refractivity contribution is 5.92. The lowest BCUT2D eigenvalue weighted by Crippen LogP contribution is -2.30. The number of aromatic nitrogens is 1. The van der Waals surface area contributed by atoms with Gasteiger partial charge in [-0.3, -0.25) is 4.79 Å². The first kappa shape index (κ1) is 20.1. The van der Waals surface area contributed by atoms with E-state index in [-0.39, 0.29) is 13.2 Å². The third kappa shape index (κ3) is 4.72. The van der Waals surface area contributed by atoms with Crippen LogP contribution in [0.15, 0.2) is 41.3 Å². The number of rotatable bonds is 9. The predicted octanol–water partition coefficient (Wildman–Crippen LogP) is 1.44. The number of pyridine rings is 1. The summed E-state index contributed by atoms with van der Waals surface area (Å²) < 4.78 is 16.6. The molecule has 9 heteroatoms. The zero-order valence-corrected chi connectivity index (χ0v) is 14.7. The van der Waals surface area contributed by atoms with Gasteiger partial charge in [-0.25, -0.2) is 9.59 Å². The van der Waals surface area contributed by atoms with Gasteiger partial charge in [-0.05, 0) is 5.56 Å². The number of carbonyl (C=O) groups is 2. The third-order valence-electron chi connectivity index (χ3n) is 3.77. The Labute approximate surface area is 154 Å². The summed E-state index contributed by atoms with van der Waals surface area (Å²) in [7, 11) is 2.70. The minimum atomic E-state index is -1.50. The van der Waals surface area contributed by atoms with Crippen molar-refractivity contribution < 1.29 is 34.0 Å². The highest BCUT2D eigenvalue weighted by atomic mass is 16.7. The second kappa shape index (κ2) is 8.97. The van der Waals surface area contributed by atoms with Gasteiger partial charge in [0, 0.05) is 20.4 Å². The van der Waals surface area contributed by atoms with Crippen molar-refractivity contribution in [2.75, 3.05) is 14.2 Å². The zero-order chi connectivity index (χ0) is 20.0. The lowest BCUT2D eigenvalue weighted by molar-refractivity contribution is -0.111. The fourth-order valence-electron chi connectivity index (χ4n) is 2.43. The average Bonchev–Trinajstić information content (AvgIpc) is 2.65. The van der Waals surface area contributed by atoms with E-state index in [9.17, 15) is 24.6 Å². The molecule has 9 nitrogen and oxygen atoms in total. The van der Waals surface area contributed by atoms with Gasteiger partial charge in [-0.2, -0.15) is 0 Å². The van der Waals surface area contributed by atoms with Gasteiger partial charge in [0.05, 0.1) is 6.54 Å². The molecule has 1 aromatic carbocycles. The molecule has 0 unspecified atom stereocenters. The maximum absolute atomic E-state index is 12.5. The van der Waals surface area contributed by atoms with E-state index in [1.54, 1.807) is 30.3 Å². The molecule has 0 saturated heterocycles. The van der Waals surface area contributed by atoms with Crippen molar-refractivity contribution in [2.45, 2.75) is 19.4 Å². The Balaban J connectivity index is 2.56. The molecule has 27 heavy (non-hydrogen) atoms. The topological polar surface area (TPSA) is 124 Å². The van der Waals surface area contributed by atoms with Crippen LogP contribution in [-0.4, -0.2) is 47.2 Å². The summed E-state index contributed by atoms with van der Waals surface area (Å²) in [6.07, 6.45) is 0.0865. The number of benzene rings is 1. The number of carboxylic acid groups (broad SMARTS) is 2. The van der Waals surface area contributed by atoms with E-state index in [4.69, 9.17) is 14.2 Å². The van der Waals surface area contributed by atoms with E-state index in [0.717, 1.165) is 10.8 Å². The minimum absolute atomic E-state index is 0.0998. The molecule has 0 fully saturated rings. The van der Waals surface area contributed by atoms with Crippen molar-refractivity contribution in [3.63, 3.8) is 0 Å². The number of hydrogen-bond acceptors (Lipinski definition) is 6. The van der Waals surface area contributed by atoms with Gasteiger partial charge in [0.15, 0.2) is 17.7 Å².